The lowest BCUT2D eigenvalue weighted by Gasteiger charge is -2.29. The van der Waals surface area contributed by atoms with Crippen LogP contribution < -0.4 is 5.32 Å². The number of rotatable bonds is 11. The molecule has 0 saturated carbocycles. The lowest BCUT2D eigenvalue weighted by molar-refractivity contribution is -0.140. The molecular formula is C27H38N2O2. The largest absolute Gasteiger partial charge is 0.354 e. The van der Waals surface area contributed by atoms with Crippen molar-refractivity contribution in [2.24, 2.45) is 0 Å². The first kappa shape index (κ1) is 24.6. The van der Waals surface area contributed by atoms with Crippen LogP contribution in [0, 0.1) is 6.92 Å². The molecule has 168 valence electrons. The summed E-state index contributed by atoms with van der Waals surface area (Å²) in [4.78, 5) is 27.6. The molecule has 0 saturated heterocycles. The van der Waals surface area contributed by atoms with Gasteiger partial charge in [0.15, 0.2) is 0 Å². The SMILES string of the molecule is CCCCNC(=O)[C@H](C)N(Cc1cccc(C)c1)C(=O)CCc1ccc(C(C)C)cc1. The van der Waals surface area contributed by atoms with Gasteiger partial charge in [0.2, 0.25) is 11.8 Å². The molecule has 0 aliphatic carbocycles. The molecule has 0 aliphatic rings. The van der Waals surface area contributed by atoms with Gasteiger partial charge in [-0.15, -0.1) is 0 Å². The molecule has 2 aromatic rings. The predicted molar refractivity (Wildman–Crippen MR) is 128 cm³/mol. The first-order valence-electron chi connectivity index (χ1n) is 11.5. The molecular weight excluding hydrogens is 384 g/mol. The first-order chi connectivity index (χ1) is 14.8. The smallest absolute Gasteiger partial charge is 0.242 e. The van der Waals surface area contributed by atoms with Gasteiger partial charge in [-0.05, 0) is 49.3 Å². The first-order valence-corrected chi connectivity index (χ1v) is 11.5. The fourth-order valence-electron chi connectivity index (χ4n) is 3.59. The van der Waals surface area contributed by atoms with E-state index in [9.17, 15) is 9.59 Å². The average molecular weight is 423 g/mol. The summed E-state index contributed by atoms with van der Waals surface area (Å²) >= 11 is 0. The maximum atomic E-state index is 13.2. The summed E-state index contributed by atoms with van der Waals surface area (Å²) in [6, 6.07) is 16.1. The van der Waals surface area contributed by atoms with Crippen molar-refractivity contribution in [2.75, 3.05) is 6.54 Å². The summed E-state index contributed by atoms with van der Waals surface area (Å²) in [7, 11) is 0. The number of amides is 2. The summed E-state index contributed by atoms with van der Waals surface area (Å²) in [5.41, 5.74) is 4.64. The normalized spacial score (nSPS) is 11.9. The summed E-state index contributed by atoms with van der Waals surface area (Å²) in [5, 5.41) is 2.97. The predicted octanol–water partition coefficient (Wildman–Crippen LogP) is 5.38. The Bertz CT molecular complexity index is 843. The van der Waals surface area contributed by atoms with Crippen molar-refractivity contribution in [1.82, 2.24) is 10.2 Å². The topological polar surface area (TPSA) is 49.4 Å². The molecule has 0 aliphatic heterocycles. The van der Waals surface area contributed by atoms with Crippen LogP contribution in [0.25, 0.3) is 0 Å². The number of carbonyl (C=O) groups excluding carboxylic acids is 2. The van der Waals surface area contributed by atoms with E-state index in [1.165, 1.54) is 5.56 Å². The summed E-state index contributed by atoms with van der Waals surface area (Å²) in [6.07, 6.45) is 3.03. The van der Waals surface area contributed by atoms with Crippen molar-refractivity contribution in [3.05, 3.63) is 70.8 Å². The number of nitrogens with zero attached hydrogens (tertiary/aromatic N) is 1. The molecule has 31 heavy (non-hydrogen) atoms. The van der Waals surface area contributed by atoms with Gasteiger partial charge in [0.05, 0.1) is 0 Å². The van der Waals surface area contributed by atoms with Gasteiger partial charge in [-0.25, -0.2) is 0 Å². The molecule has 0 unspecified atom stereocenters. The van der Waals surface area contributed by atoms with Gasteiger partial charge >= 0.3 is 0 Å². The maximum Gasteiger partial charge on any atom is 0.242 e. The van der Waals surface area contributed by atoms with Gasteiger partial charge in [-0.1, -0.05) is 81.3 Å². The minimum absolute atomic E-state index is 0.00702. The van der Waals surface area contributed by atoms with E-state index in [4.69, 9.17) is 0 Å². The lowest BCUT2D eigenvalue weighted by Crippen LogP contribution is -2.47. The van der Waals surface area contributed by atoms with Crippen LogP contribution in [0.4, 0.5) is 0 Å². The minimum atomic E-state index is -0.506. The van der Waals surface area contributed by atoms with E-state index in [0.29, 0.717) is 31.8 Å². The third-order valence-corrected chi connectivity index (χ3v) is 5.71. The molecule has 1 atom stereocenters. The van der Waals surface area contributed by atoms with E-state index < -0.39 is 6.04 Å². The number of hydrogen-bond donors (Lipinski definition) is 1. The van der Waals surface area contributed by atoms with E-state index in [1.807, 2.05) is 32.0 Å². The van der Waals surface area contributed by atoms with Crippen LogP contribution in [0.5, 0.6) is 0 Å². The highest BCUT2D eigenvalue weighted by atomic mass is 16.2. The van der Waals surface area contributed by atoms with Crippen LogP contribution in [-0.2, 0) is 22.6 Å². The van der Waals surface area contributed by atoms with E-state index in [-0.39, 0.29) is 11.8 Å². The number of benzene rings is 2. The number of hydrogen-bond acceptors (Lipinski definition) is 2. The standard InChI is InChI=1S/C27H38N2O2/c1-6-7-17-28-27(31)22(5)29(19-24-10-8-9-21(4)18-24)26(30)16-13-23-11-14-25(15-12-23)20(2)3/h8-12,14-15,18,20,22H,6-7,13,16-17,19H2,1-5H3,(H,28,31)/t22-/m0/s1. The zero-order chi connectivity index (χ0) is 22.8. The number of nitrogens with one attached hydrogen (secondary N) is 1. The molecule has 0 radical (unpaired) electrons. The molecule has 2 aromatic carbocycles. The molecule has 1 N–H and O–H groups in total. The highest BCUT2D eigenvalue weighted by Gasteiger charge is 2.25. The van der Waals surface area contributed by atoms with E-state index in [1.54, 1.807) is 4.90 Å². The summed E-state index contributed by atoms with van der Waals surface area (Å²) < 4.78 is 0. The Labute approximate surface area is 188 Å². The Hall–Kier alpha value is -2.62. The number of carbonyl (C=O) groups is 2. The number of unbranched alkanes of at least 4 members (excludes halogenated alkanes) is 1. The van der Waals surface area contributed by atoms with Crippen molar-refractivity contribution in [3.8, 4) is 0 Å². The van der Waals surface area contributed by atoms with Gasteiger partial charge in [-0.3, -0.25) is 9.59 Å². The fourth-order valence-corrected chi connectivity index (χ4v) is 3.59. The molecule has 4 heteroatoms. The van der Waals surface area contributed by atoms with Gasteiger partial charge in [0.25, 0.3) is 0 Å². The molecule has 0 heterocycles. The minimum Gasteiger partial charge on any atom is -0.354 e. The summed E-state index contributed by atoms with van der Waals surface area (Å²) in [5.74, 6) is 0.413. The van der Waals surface area contributed by atoms with Gasteiger partial charge in [0.1, 0.15) is 6.04 Å². The van der Waals surface area contributed by atoms with Crippen molar-refractivity contribution >= 4 is 11.8 Å². The molecule has 0 bridgehead atoms. The van der Waals surface area contributed by atoms with Crippen LogP contribution in [-0.4, -0.2) is 29.3 Å². The Kier molecular flexibility index (Phi) is 9.77. The van der Waals surface area contributed by atoms with Crippen LogP contribution in [0.3, 0.4) is 0 Å². The van der Waals surface area contributed by atoms with Crippen LogP contribution in [0.2, 0.25) is 0 Å². The van der Waals surface area contributed by atoms with E-state index >= 15 is 0 Å². The Balaban J connectivity index is 2.09. The highest BCUT2D eigenvalue weighted by Crippen LogP contribution is 2.17. The van der Waals surface area contributed by atoms with E-state index in [0.717, 1.165) is 29.5 Å². The van der Waals surface area contributed by atoms with E-state index in [2.05, 4.69) is 56.4 Å². The van der Waals surface area contributed by atoms with Crippen LogP contribution >= 0.6 is 0 Å². The zero-order valence-electron chi connectivity index (χ0n) is 19.8. The molecule has 0 aromatic heterocycles. The monoisotopic (exact) mass is 422 g/mol. The van der Waals surface area contributed by atoms with Gasteiger partial charge < -0.3 is 10.2 Å². The average Bonchev–Trinajstić information content (AvgIpc) is 2.75. The lowest BCUT2D eigenvalue weighted by atomic mass is 10.00. The van der Waals surface area contributed by atoms with Gasteiger partial charge in [-0.2, -0.15) is 0 Å². The van der Waals surface area contributed by atoms with Crippen molar-refractivity contribution in [3.63, 3.8) is 0 Å². The quantitative estimate of drug-likeness (QED) is 0.494. The molecule has 4 nitrogen and oxygen atoms in total. The highest BCUT2D eigenvalue weighted by molar-refractivity contribution is 5.87. The fraction of sp³-hybridized carbons (Fsp3) is 0.481. The number of aryl methyl sites for hydroxylation is 2. The molecule has 0 fully saturated rings. The van der Waals surface area contributed by atoms with Crippen LogP contribution in [0.15, 0.2) is 48.5 Å². The van der Waals surface area contributed by atoms with Crippen LogP contribution in [0.1, 0.15) is 75.1 Å². The Morgan fingerprint density at radius 1 is 1.00 bits per heavy atom. The second-order valence-electron chi connectivity index (χ2n) is 8.73. The molecule has 2 amide bonds. The Morgan fingerprint density at radius 3 is 2.32 bits per heavy atom. The third kappa shape index (κ3) is 7.86. The van der Waals surface area contributed by atoms with Gasteiger partial charge in [0, 0.05) is 19.5 Å². The second kappa shape index (κ2) is 12.3. The Morgan fingerprint density at radius 2 is 1.71 bits per heavy atom. The zero-order valence-corrected chi connectivity index (χ0v) is 19.8. The molecule has 2 rings (SSSR count). The second-order valence-corrected chi connectivity index (χ2v) is 8.73. The van der Waals surface area contributed by atoms with Crippen molar-refractivity contribution in [1.29, 1.82) is 0 Å². The third-order valence-electron chi connectivity index (χ3n) is 5.71. The summed E-state index contributed by atoms with van der Waals surface area (Å²) in [6.45, 7) is 11.4. The maximum absolute atomic E-state index is 13.2. The van der Waals surface area contributed by atoms with Crippen molar-refractivity contribution < 1.29 is 9.59 Å². The van der Waals surface area contributed by atoms with Crippen molar-refractivity contribution in [2.45, 2.75) is 78.8 Å². The molecule has 0 spiro atoms.